The molecule has 0 bridgehead atoms. The van der Waals surface area contributed by atoms with Gasteiger partial charge in [-0.2, -0.15) is 5.26 Å². The fourth-order valence-electron chi connectivity index (χ4n) is 2.33. The maximum Gasteiger partial charge on any atom is 0.119 e. The van der Waals surface area contributed by atoms with Crippen molar-refractivity contribution < 1.29 is 4.74 Å². The number of nitrogens with zero attached hydrogens (tertiary/aromatic N) is 1. The zero-order valence-electron chi connectivity index (χ0n) is 9.97. The molecule has 0 N–H and O–H groups in total. The van der Waals surface area contributed by atoms with Crippen LogP contribution in [-0.4, -0.2) is 6.61 Å². The van der Waals surface area contributed by atoms with E-state index >= 15 is 0 Å². The third-order valence-electron chi connectivity index (χ3n) is 3.40. The largest absolute Gasteiger partial charge is 0.493 e. The molecule has 0 amide bonds. The number of fused-ring (bicyclic) bond motifs is 1. The number of hydrogen-bond acceptors (Lipinski definition) is 2. The van der Waals surface area contributed by atoms with Crippen LogP contribution in [0.25, 0.3) is 0 Å². The van der Waals surface area contributed by atoms with Gasteiger partial charge in [-0.15, -0.1) is 0 Å². The van der Waals surface area contributed by atoms with E-state index in [0.29, 0.717) is 18.1 Å². The molecule has 1 aliphatic carbocycles. The van der Waals surface area contributed by atoms with Gasteiger partial charge in [-0.05, 0) is 41.8 Å². The van der Waals surface area contributed by atoms with E-state index in [1.54, 1.807) is 12.1 Å². The van der Waals surface area contributed by atoms with Crippen molar-refractivity contribution in [1.82, 2.24) is 0 Å². The van der Waals surface area contributed by atoms with Crippen molar-refractivity contribution in [2.45, 2.75) is 12.3 Å². The fraction of sp³-hybridized carbons (Fsp3) is 0.188. The van der Waals surface area contributed by atoms with Crippen LogP contribution in [0.15, 0.2) is 48.5 Å². The Hall–Kier alpha value is -2.27. The van der Waals surface area contributed by atoms with E-state index in [9.17, 15) is 0 Å². The van der Waals surface area contributed by atoms with Crippen molar-refractivity contribution in [2.24, 2.45) is 0 Å². The van der Waals surface area contributed by atoms with E-state index in [4.69, 9.17) is 10.00 Å². The van der Waals surface area contributed by atoms with Gasteiger partial charge in [-0.25, -0.2) is 0 Å². The fourth-order valence-corrected chi connectivity index (χ4v) is 2.33. The highest BCUT2D eigenvalue weighted by atomic mass is 16.5. The van der Waals surface area contributed by atoms with E-state index in [0.717, 1.165) is 12.2 Å². The molecule has 0 fully saturated rings. The molecular formula is C16H13NO. The lowest BCUT2D eigenvalue weighted by atomic mass is 9.78. The highest BCUT2D eigenvalue weighted by Crippen LogP contribution is 2.35. The molecular weight excluding hydrogens is 222 g/mol. The molecule has 2 aromatic rings. The Morgan fingerprint density at radius 3 is 2.61 bits per heavy atom. The van der Waals surface area contributed by atoms with Gasteiger partial charge in [0.25, 0.3) is 0 Å². The lowest BCUT2D eigenvalue weighted by Crippen LogP contribution is -2.23. The first-order chi connectivity index (χ1) is 8.86. The van der Waals surface area contributed by atoms with Crippen LogP contribution in [0.2, 0.25) is 0 Å². The molecule has 1 unspecified atom stereocenters. The second-order valence-corrected chi connectivity index (χ2v) is 4.55. The Labute approximate surface area is 106 Å². The Bertz CT molecular complexity index is 595. The van der Waals surface area contributed by atoms with Crippen molar-refractivity contribution in [3.8, 4) is 11.8 Å². The number of nitriles is 1. The van der Waals surface area contributed by atoms with Crippen LogP contribution in [0.3, 0.4) is 0 Å². The Kier molecular flexibility index (Phi) is 2.74. The molecule has 0 saturated carbocycles. The maximum atomic E-state index is 8.71. The van der Waals surface area contributed by atoms with Crippen LogP contribution in [0, 0.1) is 11.3 Å². The molecule has 1 aliphatic rings. The minimum Gasteiger partial charge on any atom is -0.493 e. The van der Waals surface area contributed by atoms with Crippen LogP contribution in [0.1, 0.15) is 22.6 Å². The third-order valence-corrected chi connectivity index (χ3v) is 3.40. The molecule has 0 spiro atoms. The summed E-state index contributed by atoms with van der Waals surface area (Å²) in [7, 11) is 0. The van der Waals surface area contributed by atoms with Gasteiger partial charge in [-0.1, -0.05) is 24.3 Å². The van der Waals surface area contributed by atoms with Gasteiger partial charge in [0.1, 0.15) is 5.75 Å². The summed E-state index contributed by atoms with van der Waals surface area (Å²) < 4.78 is 5.76. The number of hydrogen-bond donors (Lipinski definition) is 0. The molecule has 18 heavy (non-hydrogen) atoms. The monoisotopic (exact) mass is 235 g/mol. The molecule has 0 radical (unpaired) electrons. The summed E-state index contributed by atoms with van der Waals surface area (Å²) in [6.07, 6.45) is 1.10. The van der Waals surface area contributed by atoms with Crippen LogP contribution in [0.4, 0.5) is 0 Å². The van der Waals surface area contributed by atoms with Gasteiger partial charge in [0, 0.05) is 5.92 Å². The SMILES string of the molecule is N#Cc1ccc(OCC2Cc3ccccc32)cc1. The topological polar surface area (TPSA) is 33.0 Å². The molecule has 0 heterocycles. The average molecular weight is 235 g/mol. The number of benzene rings is 2. The molecule has 88 valence electrons. The van der Waals surface area contributed by atoms with Crippen molar-refractivity contribution in [3.05, 3.63) is 65.2 Å². The summed E-state index contributed by atoms with van der Waals surface area (Å²) in [6, 6.07) is 17.9. The smallest absolute Gasteiger partial charge is 0.119 e. The first kappa shape index (κ1) is 10.9. The third kappa shape index (κ3) is 1.96. The lowest BCUT2D eigenvalue weighted by molar-refractivity contribution is 0.275. The van der Waals surface area contributed by atoms with Crippen molar-refractivity contribution in [2.75, 3.05) is 6.61 Å². The van der Waals surface area contributed by atoms with Gasteiger partial charge in [0.15, 0.2) is 0 Å². The summed E-state index contributed by atoms with van der Waals surface area (Å²) in [5, 5.41) is 8.71. The van der Waals surface area contributed by atoms with Crippen molar-refractivity contribution >= 4 is 0 Å². The zero-order chi connectivity index (χ0) is 12.4. The minimum atomic E-state index is 0.511. The predicted octanol–water partition coefficient (Wildman–Crippen LogP) is 3.28. The van der Waals surface area contributed by atoms with Crippen LogP contribution >= 0.6 is 0 Å². The van der Waals surface area contributed by atoms with Crippen LogP contribution < -0.4 is 4.74 Å². The highest BCUT2D eigenvalue weighted by molar-refractivity contribution is 5.40. The maximum absolute atomic E-state index is 8.71. The quantitative estimate of drug-likeness (QED) is 0.818. The summed E-state index contributed by atoms with van der Waals surface area (Å²) in [5.41, 5.74) is 3.51. The standard InChI is InChI=1S/C16H13NO/c17-10-12-5-7-15(8-6-12)18-11-14-9-13-3-1-2-4-16(13)14/h1-8,14H,9,11H2. The van der Waals surface area contributed by atoms with E-state index in [-0.39, 0.29) is 0 Å². The Morgan fingerprint density at radius 2 is 1.89 bits per heavy atom. The Morgan fingerprint density at radius 1 is 1.11 bits per heavy atom. The second-order valence-electron chi connectivity index (χ2n) is 4.55. The minimum absolute atomic E-state index is 0.511. The highest BCUT2D eigenvalue weighted by Gasteiger charge is 2.25. The van der Waals surface area contributed by atoms with Gasteiger partial charge in [0.05, 0.1) is 18.2 Å². The van der Waals surface area contributed by atoms with E-state index in [1.807, 2.05) is 12.1 Å². The van der Waals surface area contributed by atoms with E-state index in [1.165, 1.54) is 11.1 Å². The predicted molar refractivity (Wildman–Crippen MR) is 69.5 cm³/mol. The summed E-state index contributed by atoms with van der Waals surface area (Å²) in [4.78, 5) is 0. The zero-order valence-corrected chi connectivity index (χ0v) is 9.97. The van der Waals surface area contributed by atoms with Gasteiger partial charge >= 0.3 is 0 Å². The molecule has 2 heteroatoms. The average Bonchev–Trinajstić information content (AvgIpc) is 2.40. The van der Waals surface area contributed by atoms with E-state index < -0.39 is 0 Å². The summed E-state index contributed by atoms with van der Waals surface area (Å²) in [6.45, 7) is 0.711. The first-order valence-electron chi connectivity index (χ1n) is 6.07. The van der Waals surface area contributed by atoms with E-state index in [2.05, 4.69) is 30.3 Å². The van der Waals surface area contributed by atoms with Gasteiger partial charge in [-0.3, -0.25) is 0 Å². The Balaban J connectivity index is 1.61. The van der Waals surface area contributed by atoms with Crippen molar-refractivity contribution in [3.63, 3.8) is 0 Å². The van der Waals surface area contributed by atoms with Crippen LogP contribution in [-0.2, 0) is 6.42 Å². The lowest BCUT2D eigenvalue weighted by Gasteiger charge is -2.29. The molecule has 0 aliphatic heterocycles. The molecule has 0 saturated heterocycles. The van der Waals surface area contributed by atoms with Crippen molar-refractivity contribution in [1.29, 1.82) is 5.26 Å². The number of rotatable bonds is 3. The molecule has 0 aromatic heterocycles. The normalized spacial score (nSPS) is 16.3. The molecule has 2 aromatic carbocycles. The molecule has 3 rings (SSSR count). The number of ether oxygens (including phenoxy) is 1. The van der Waals surface area contributed by atoms with Gasteiger partial charge in [0.2, 0.25) is 0 Å². The summed E-state index contributed by atoms with van der Waals surface area (Å²) >= 11 is 0. The summed E-state index contributed by atoms with van der Waals surface area (Å²) in [5.74, 6) is 1.34. The van der Waals surface area contributed by atoms with Crippen LogP contribution in [0.5, 0.6) is 5.75 Å². The molecule has 2 nitrogen and oxygen atoms in total. The van der Waals surface area contributed by atoms with Gasteiger partial charge < -0.3 is 4.74 Å². The first-order valence-corrected chi connectivity index (χ1v) is 6.07. The molecule has 1 atom stereocenters. The second kappa shape index (κ2) is 4.54.